The summed E-state index contributed by atoms with van der Waals surface area (Å²) in [6.07, 6.45) is 4.34. The number of anilines is 2. The number of hydrogen-bond acceptors (Lipinski definition) is 7. The smallest absolute Gasteiger partial charge is 0.175 e. The molecule has 10 heteroatoms. The minimum absolute atomic E-state index is 0.00453. The number of halogens is 1. The van der Waals surface area contributed by atoms with E-state index in [-0.39, 0.29) is 11.0 Å². The summed E-state index contributed by atoms with van der Waals surface area (Å²) in [5.74, 6) is 0.907. The first-order valence-electron chi connectivity index (χ1n) is 11.5. The molecule has 0 aliphatic carbocycles. The van der Waals surface area contributed by atoms with Crippen LogP contribution in [0.15, 0.2) is 34.3 Å². The van der Waals surface area contributed by atoms with E-state index in [1.54, 1.807) is 6.07 Å². The Bertz CT molecular complexity index is 1100. The highest BCUT2D eigenvalue weighted by Gasteiger charge is 2.24. The second-order valence-electron chi connectivity index (χ2n) is 9.16. The molecule has 180 valence electrons. The molecule has 0 saturated carbocycles. The number of benzene rings is 1. The van der Waals surface area contributed by atoms with Gasteiger partial charge in [-0.1, -0.05) is 19.0 Å². The Morgan fingerprint density at radius 1 is 1.12 bits per heavy atom. The molecule has 2 fully saturated rings. The van der Waals surface area contributed by atoms with Crippen molar-refractivity contribution in [3.63, 3.8) is 0 Å². The second-order valence-corrected chi connectivity index (χ2v) is 11.2. The van der Waals surface area contributed by atoms with Gasteiger partial charge in [0, 0.05) is 69.9 Å². The molecule has 2 aliphatic heterocycles. The van der Waals surface area contributed by atoms with Crippen LogP contribution >= 0.6 is 0 Å². The maximum atomic E-state index is 14.5. The molecular weight excluding hydrogens is 445 g/mol. The molecule has 0 spiro atoms. The molecule has 33 heavy (non-hydrogen) atoms. The van der Waals surface area contributed by atoms with E-state index in [0.717, 1.165) is 55.5 Å². The lowest BCUT2D eigenvalue weighted by Gasteiger charge is -2.32. The van der Waals surface area contributed by atoms with Gasteiger partial charge in [0.05, 0.1) is 16.3 Å². The number of aromatic amines is 1. The van der Waals surface area contributed by atoms with Crippen LogP contribution in [-0.2, 0) is 14.7 Å². The van der Waals surface area contributed by atoms with Gasteiger partial charge in [-0.15, -0.1) is 0 Å². The Morgan fingerprint density at radius 2 is 1.82 bits per heavy atom. The van der Waals surface area contributed by atoms with Crippen LogP contribution in [0.3, 0.4) is 0 Å². The van der Waals surface area contributed by atoms with Crippen molar-refractivity contribution in [2.75, 3.05) is 42.2 Å². The molecule has 4 rings (SSSR count). The van der Waals surface area contributed by atoms with Gasteiger partial charge in [-0.25, -0.2) is 12.8 Å². The standard InChI is InChI=1S/C23H32FN5O3S/c1-16(2)21-15-23(26-25-21)29-12-8-18(9-13-29)32-27-17-6-10-28(11-7-17)22-5-4-19(14-20(22)24)33(3,30)31/h4-5,14-16,18H,6-13H2,1-3H3,(H,25,26). The van der Waals surface area contributed by atoms with Crippen molar-refractivity contribution in [3.05, 3.63) is 35.8 Å². The number of piperidine rings is 2. The fourth-order valence-electron chi connectivity index (χ4n) is 4.19. The normalized spacial score (nSPS) is 18.2. The monoisotopic (exact) mass is 477 g/mol. The van der Waals surface area contributed by atoms with Crippen molar-refractivity contribution in [1.29, 1.82) is 0 Å². The van der Waals surface area contributed by atoms with E-state index in [4.69, 9.17) is 4.84 Å². The van der Waals surface area contributed by atoms with Crippen molar-refractivity contribution >= 4 is 27.1 Å². The number of hydrogen-bond donors (Lipinski definition) is 1. The van der Waals surface area contributed by atoms with E-state index in [1.165, 1.54) is 6.07 Å². The van der Waals surface area contributed by atoms with Gasteiger partial charge in [0.15, 0.2) is 15.7 Å². The van der Waals surface area contributed by atoms with E-state index in [1.807, 2.05) is 4.90 Å². The quantitative estimate of drug-likeness (QED) is 0.638. The first kappa shape index (κ1) is 23.5. The summed E-state index contributed by atoms with van der Waals surface area (Å²) in [6, 6.07) is 6.22. The average molecular weight is 478 g/mol. The Labute approximate surface area is 194 Å². The fourth-order valence-corrected chi connectivity index (χ4v) is 4.83. The number of nitrogens with one attached hydrogen (secondary N) is 1. The van der Waals surface area contributed by atoms with Gasteiger partial charge in [0.25, 0.3) is 0 Å². The zero-order valence-electron chi connectivity index (χ0n) is 19.4. The zero-order chi connectivity index (χ0) is 23.6. The van der Waals surface area contributed by atoms with Gasteiger partial charge in [-0.3, -0.25) is 5.10 Å². The SMILES string of the molecule is CC(C)c1cc(N2CCC(ON=C3CCN(c4ccc(S(C)(=O)=O)cc4F)CC3)CC2)n[nH]1. The predicted octanol–water partition coefficient (Wildman–Crippen LogP) is 3.72. The molecule has 2 aliphatic rings. The molecule has 1 N–H and O–H groups in total. The predicted molar refractivity (Wildman–Crippen MR) is 127 cm³/mol. The fraction of sp³-hybridized carbons (Fsp3) is 0.565. The van der Waals surface area contributed by atoms with Crippen LogP contribution in [0.4, 0.5) is 15.9 Å². The number of oxime groups is 1. The van der Waals surface area contributed by atoms with Gasteiger partial charge >= 0.3 is 0 Å². The third-order valence-electron chi connectivity index (χ3n) is 6.33. The lowest BCUT2D eigenvalue weighted by Crippen LogP contribution is -2.37. The summed E-state index contributed by atoms with van der Waals surface area (Å²) >= 11 is 0. The molecule has 0 amide bonds. The van der Waals surface area contributed by atoms with Gasteiger partial charge < -0.3 is 14.6 Å². The highest BCUT2D eigenvalue weighted by atomic mass is 32.2. The van der Waals surface area contributed by atoms with E-state index >= 15 is 0 Å². The molecule has 0 radical (unpaired) electrons. The molecule has 8 nitrogen and oxygen atoms in total. The van der Waals surface area contributed by atoms with E-state index in [2.05, 4.69) is 40.2 Å². The van der Waals surface area contributed by atoms with Crippen molar-refractivity contribution in [3.8, 4) is 0 Å². The number of aromatic nitrogens is 2. The number of sulfone groups is 1. The summed E-state index contributed by atoms with van der Waals surface area (Å²) in [4.78, 5) is 10.0. The van der Waals surface area contributed by atoms with Crippen molar-refractivity contribution in [2.45, 2.75) is 56.4 Å². The molecule has 0 bridgehead atoms. The van der Waals surface area contributed by atoms with Crippen LogP contribution in [0.1, 0.15) is 51.1 Å². The minimum Gasteiger partial charge on any atom is -0.392 e. The maximum absolute atomic E-state index is 14.5. The second kappa shape index (κ2) is 9.70. The highest BCUT2D eigenvalue weighted by Crippen LogP contribution is 2.26. The van der Waals surface area contributed by atoms with Gasteiger partial charge in [0.1, 0.15) is 11.9 Å². The molecule has 0 unspecified atom stereocenters. The van der Waals surface area contributed by atoms with Crippen LogP contribution in [0.5, 0.6) is 0 Å². The van der Waals surface area contributed by atoms with E-state index in [0.29, 0.717) is 37.5 Å². The van der Waals surface area contributed by atoms with Crippen LogP contribution in [0, 0.1) is 5.82 Å². The summed E-state index contributed by atoms with van der Waals surface area (Å²) in [5, 5.41) is 11.9. The van der Waals surface area contributed by atoms with Crippen molar-refractivity contribution in [2.24, 2.45) is 5.16 Å². The molecule has 0 atom stereocenters. The first-order chi connectivity index (χ1) is 15.7. The van der Waals surface area contributed by atoms with E-state index < -0.39 is 15.7 Å². The van der Waals surface area contributed by atoms with Crippen LogP contribution < -0.4 is 9.80 Å². The Morgan fingerprint density at radius 3 is 2.39 bits per heavy atom. The number of H-pyrrole nitrogens is 1. The Kier molecular flexibility index (Phi) is 6.92. The van der Waals surface area contributed by atoms with E-state index in [9.17, 15) is 12.8 Å². The average Bonchev–Trinajstić information content (AvgIpc) is 3.29. The van der Waals surface area contributed by atoms with Crippen LogP contribution in [0.25, 0.3) is 0 Å². The largest absolute Gasteiger partial charge is 0.392 e. The molecular formula is C23H32FN5O3S. The van der Waals surface area contributed by atoms with Crippen LogP contribution in [-0.4, -0.2) is 62.9 Å². The van der Waals surface area contributed by atoms with Gasteiger partial charge in [-0.2, -0.15) is 5.10 Å². The summed E-state index contributed by atoms with van der Waals surface area (Å²) < 4.78 is 37.7. The summed E-state index contributed by atoms with van der Waals surface area (Å²) in [5.41, 5.74) is 2.55. The molecule has 2 saturated heterocycles. The summed E-state index contributed by atoms with van der Waals surface area (Å²) in [6.45, 7) is 7.29. The Balaban J connectivity index is 1.25. The lowest BCUT2D eigenvalue weighted by molar-refractivity contribution is 0.0410. The number of rotatable bonds is 6. The molecule has 1 aromatic carbocycles. The van der Waals surface area contributed by atoms with Crippen LogP contribution in [0.2, 0.25) is 0 Å². The number of nitrogens with zero attached hydrogens (tertiary/aromatic N) is 4. The topological polar surface area (TPSA) is 90.9 Å². The Hall–Kier alpha value is -2.62. The molecule has 1 aromatic heterocycles. The van der Waals surface area contributed by atoms with Crippen molar-refractivity contribution < 1.29 is 17.6 Å². The maximum Gasteiger partial charge on any atom is 0.175 e. The minimum atomic E-state index is -3.42. The first-order valence-corrected chi connectivity index (χ1v) is 13.4. The highest BCUT2D eigenvalue weighted by molar-refractivity contribution is 7.90. The third kappa shape index (κ3) is 5.66. The zero-order valence-corrected chi connectivity index (χ0v) is 20.2. The van der Waals surface area contributed by atoms with Gasteiger partial charge in [0.2, 0.25) is 0 Å². The van der Waals surface area contributed by atoms with Gasteiger partial charge in [-0.05, 0) is 24.1 Å². The third-order valence-corrected chi connectivity index (χ3v) is 7.44. The lowest BCUT2D eigenvalue weighted by atomic mass is 10.1. The van der Waals surface area contributed by atoms with Crippen molar-refractivity contribution in [1.82, 2.24) is 10.2 Å². The summed E-state index contributed by atoms with van der Waals surface area (Å²) in [7, 11) is -3.42. The molecule has 2 aromatic rings. The molecule has 3 heterocycles.